The van der Waals surface area contributed by atoms with E-state index < -0.39 is 42.6 Å². The number of aliphatic hydroxyl groups excluding tert-OH is 1. The van der Waals surface area contributed by atoms with E-state index in [0.29, 0.717) is 32.3 Å². The van der Waals surface area contributed by atoms with Crippen molar-refractivity contribution in [3.05, 3.63) is 0 Å². The minimum atomic E-state index is -1.83. The molecule has 8 unspecified atom stereocenters. The van der Waals surface area contributed by atoms with E-state index in [0.717, 1.165) is 0 Å². The summed E-state index contributed by atoms with van der Waals surface area (Å²) < 4.78 is 48.2. The van der Waals surface area contributed by atoms with Gasteiger partial charge in [0.2, 0.25) is 0 Å². The Morgan fingerprint density at radius 1 is 1.10 bits per heavy atom. The monoisotopic (exact) mass is 294 g/mol. The van der Waals surface area contributed by atoms with Gasteiger partial charge in [-0.3, -0.25) is 0 Å². The van der Waals surface area contributed by atoms with Crippen molar-refractivity contribution < 1.29 is 23.0 Å². The van der Waals surface area contributed by atoms with Crippen LogP contribution < -0.4 is 0 Å². The number of hydrogen-bond acceptors (Lipinski definition) is 2. The molecule has 0 bridgehead atoms. The first kappa shape index (κ1) is 16.1. The van der Waals surface area contributed by atoms with Crippen LogP contribution in [-0.2, 0) is 4.74 Å². The Balaban J connectivity index is 2.11. The lowest BCUT2D eigenvalue weighted by Crippen LogP contribution is -2.55. The molecule has 0 amide bonds. The molecule has 0 saturated heterocycles. The molecule has 8 atom stereocenters. The molecule has 2 nitrogen and oxygen atoms in total. The van der Waals surface area contributed by atoms with Crippen LogP contribution in [-0.4, -0.2) is 42.4 Å². The second-order valence-corrected chi connectivity index (χ2v) is 6.12. The van der Waals surface area contributed by atoms with Gasteiger partial charge in [0, 0.05) is 18.4 Å². The fourth-order valence-corrected chi connectivity index (χ4v) is 3.94. The Bertz CT molecular complexity index is 313. The zero-order valence-corrected chi connectivity index (χ0v) is 12.1. The molecule has 2 rings (SSSR count). The van der Waals surface area contributed by atoms with Gasteiger partial charge in [0.25, 0.3) is 0 Å². The zero-order chi connectivity index (χ0) is 14.9. The van der Waals surface area contributed by atoms with Crippen molar-refractivity contribution in [3.63, 3.8) is 0 Å². The molecule has 2 aliphatic rings. The predicted octanol–water partition coefficient (Wildman–Crippen LogP) is 3.22. The lowest BCUT2D eigenvalue weighted by molar-refractivity contribution is -0.138. The quantitative estimate of drug-likeness (QED) is 0.862. The third-order valence-corrected chi connectivity index (χ3v) is 5.05. The van der Waals surface area contributed by atoms with Gasteiger partial charge >= 0.3 is 0 Å². The summed E-state index contributed by atoms with van der Waals surface area (Å²) in [5.41, 5.74) is 0. The van der Waals surface area contributed by atoms with Crippen molar-refractivity contribution in [2.24, 2.45) is 17.8 Å². The normalized spacial score (nSPS) is 46.8. The topological polar surface area (TPSA) is 29.5 Å². The highest BCUT2D eigenvalue weighted by Crippen LogP contribution is 2.48. The maximum absolute atomic E-state index is 14.6. The Labute approximate surface area is 118 Å². The number of ether oxygens (including phenoxy) is 1. The maximum Gasteiger partial charge on any atom is 0.157 e. The van der Waals surface area contributed by atoms with E-state index in [4.69, 9.17) is 4.74 Å². The van der Waals surface area contributed by atoms with Crippen molar-refractivity contribution in [1.29, 1.82) is 0 Å². The number of alkyl halides is 3. The molecule has 2 fully saturated rings. The molecule has 0 aromatic carbocycles. The van der Waals surface area contributed by atoms with Crippen LogP contribution in [0.15, 0.2) is 0 Å². The summed E-state index contributed by atoms with van der Waals surface area (Å²) >= 11 is 0. The molecule has 2 aliphatic carbocycles. The van der Waals surface area contributed by atoms with Crippen LogP contribution in [0.2, 0.25) is 0 Å². The van der Waals surface area contributed by atoms with Crippen LogP contribution in [0.4, 0.5) is 13.2 Å². The highest BCUT2D eigenvalue weighted by Gasteiger charge is 2.53. The molecule has 0 aromatic heterocycles. The molecule has 0 aliphatic heterocycles. The van der Waals surface area contributed by atoms with Crippen molar-refractivity contribution in [2.45, 2.75) is 70.3 Å². The van der Waals surface area contributed by atoms with Gasteiger partial charge in [-0.2, -0.15) is 0 Å². The lowest BCUT2D eigenvalue weighted by atomic mass is 9.63. The van der Waals surface area contributed by atoms with Crippen molar-refractivity contribution in [2.75, 3.05) is 6.61 Å². The molecule has 5 heteroatoms. The number of fused-ring (bicyclic) bond motifs is 1. The van der Waals surface area contributed by atoms with Crippen LogP contribution >= 0.6 is 0 Å². The smallest absolute Gasteiger partial charge is 0.157 e. The molecule has 118 valence electrons. The van der Waals surface area contributed by atoms with Crippen LogP contribution in [0.5, 0.6) is 0 Å². The molecule has 0 radical (unpaired) electrons. The third kappa shape index (κ3) is 2.84. The van der Waals surface area contributed by atoms with Crippen LogP contribution in [0.3, 0.4) is 0 Å². The molecule has 0 spiro atoms. The average Bonchev–Trinajstić information content (AvgIpc) is 2.44. The summed E-state index contributed by atoms with van der Waals surface area (Å²) in [5.74, 6) is -1.67. The maximum atomic E-state index is 14.6. The number of halogens is 3. The molecular formula is C15H25F3O2. The fraction of sp³-hybridized carbons (Fsp3) is 1.00. The second kappa shape index (κ2) is 6.65. The van der Waals surface area contributed by atoms with Gasteiger partial charge in [-0.05, 0) is 38.5 Å². The Hall–Kier alpha value is -0.290. The van der Waals surface area contributed by atoms with Gasteiger partial charge < -0.3 is 9.84 Å². The zero-order valence-electron chi connectivity index (χ0n) is 12.1. The summed E-state index contributed by atoms with van der Waals surface area (Å²) in [6.07, 6.45) is -4.55. The molecule has 2 saturated carbocycles. The number of rotatable bonds is 4. The minimum absolute atomic E-state index is 0.177. The summed E-state index contributed by atoms with van der Waals surface area (Å²) in [7, 11) is 0. The van der Waals surface area contributed by atoms with E-state index in [1.807, 2.05) is 0 Å². The summed E-state index contributed by atoms with van der Waals surface area (Å²) in [6, 6.07) is 0. The summed E-state index contributed by atoms with van der Waals surface area (Å²) in [6.45, 7) is 3.87. The number of aliphatic hydroxyl groups is 1. The highest BCUT2D eigenvalue weighted by atomic mass is 19.2. The number of hydrogen-bond donors (Lipinski definition) is 1. The van der Waals surface area contributed by atoms with Gasteiger partial charge in [-0.25, -0.2) is 13.2 Å². The Morgan fingerprint density at radius 3 is 2.40 bits per heavy atom. The standard InChI is InChI=1S/C15H25F3O2/c1-3-10(19)9-6-5-8-7-11(20-4-2)14(17)15(18)12(8)13(9)16/h8-15,19H,3-7H2,1-2H3. The Morgan fingerprint density at radius 2 is 1.80 bits per heavy atom. The summed E-state index contributed by atoms with van der Waals surface area (Å²) in [4.78, 5) is 0. The SMILES string of the molecule is CCOC1CC2CCC(C(O)CC)C(F)C2C(F)C1F. The lowest BCUT2D eigenvalue weighted by Gasteiger charge is -2.47. The highest BCUT2D eigenvalue weighted by molar-refractivity contribution is 5.01. The second-order valence-electron chi connectivity index (χ2n) is 6.12. The van der Waals surface area contributed by atoms with E-state index in [1.54, 1.807) is 13.8 Å². The van der Waals surface area contributed by atoms with E-state index in [2.05, 4.69) is 0 Å². The van der Waals surface area contributed by atoms with Crippen LogP contribution in [0.25, 0.3) is 0 Å². The van der Waals surface area contributed by atoms with E-state index in [1.165, 1.54) is 0 Å². The van der Waals surface area contributed by atoms with Gasteiger partial charge in [-0.1, -0.05) is 6.92 Å². The van der Waals surface area contributed by atoms with Gasteiger partial charge in [-0.15, -0.1) is 0 Å². The molecule has 20 heavy (non-hydrogen) atoms. The molecular weight excluding hydrogens is 269 g/mol. The Kier molecular flexibility index (Phi) is 5.35. The van der Waals surface area contributed by atoms with E-state index in [9.17, 15) is 18.3 Å². The molecule has 1 N–H and O–H groups in total. The van der Waals surface area contributed by atoms with Crippen molar-refractivity contribution in [3.8, 4) is 0 Å². The fourth-order valence-electron chi connectivity index (χ4n) is 3.94. The van der Waals surface area contributed by atoms with Crippen molar-refractivity contribution in [1.82, 2.24) is 0 Å². The average molecular weight is 294 g/mol. The van der Waals surface area contributed by atoms with E-state index in [-0.39, 0.29) is 5.92 Å². The minimum Gasteiger partial charge on any atom is -0.393 e. The molecule has 0 aromatic rings. The molecule has 0 heterocycles. The van der Waals surface area contributed by atoms with Gasteiger partial charge in [0.05, 0.1) is 12.2 Å². The predicted molar refractivity (Wildman–Crippen MR) is 70.7 cm³/mol. The third-order valence-electron chi connectivity index (χ3n) is 5.05. The van der Waals surface area contributed by atoms with Gasteiger partial charge in [0.15, 0.2) is 6.17 Å². The van der Waals surface area contributed by atoms with E-state index >= 15 is 0 Å². The first-order valence-corrected chi connectivity index (χ1v) is 7.73. The largest absolute Gasteiger partial charge is 0.393 e. The summed E-state index contributed by atoms with van der Waals surface area (Å²) in [5, 5.41) is 9.85. The first-order chi connectivity index (χ1) is 9.51. The van der Waals surface area contributed by atoms with Crippen LogP contribution in [0.1, 0.15) is 39.5 Å². The van der Waals surface area contributed by atoms with Gasteiger partial charge in [0.1, 0.15) is 12.3 Å². The van der Waals surface area contributed by atoms with Crippen molar-refractivity contribution >= 4 is 0 Å². The van der Waals surface area contributed by atoms with Crippen LogP contribution in [0, 0.1) is 17.8 Å². The first-order valence-electron chi connectivity index (χ1n) is 7.73.